The van der Waals surface area contributed by atoms with E-state index >= 15 is 0 Å². The molecule has 1 heterocycles. The number of benzene rings is 1. The van der Waals surface area contributed by atoms with Crippen LogP contribution >= 0.6 is 0 Å². The highest BCUT2D eigenvalue weighted by molar-refractivity contribution is 5.76. The predicted octanol–water partition coefficient (Wildman–Crippen LogP) is 3.65. The Hall–Kier alpha value is -1.71. The summed E-state index contributed by atoms with van der Waals surface area (Å²) in [6, 6.07) is 8.05. The zero-order valence-electron chi connectivity index (χ0n) is 13.7. The zero-order chi connectivity index (χ0) is 15.8. The summed E-state index contributed by atoms with van der Waals surface area (Å²) in [4.78, 5) is 14.3. The van der Waals surface area contributed by atoms with Crippen LogP contribution in [0, 0.1) is 0 Å². The van der Waals surface area contributed by atoms with Crippen molar-refractivity contribution in [1.82, 2.24) is 4.90 Å². The van der Waals surface area contributed by atoms with Crippen molar-refractivity contribution in [2.45, 2.75) is 52.0 Å². The number of amides is 1. The molecule has 1 aromatic carbocycles. The van der Waals surface area contributed by atoms with E-state index in [0.29, 0.717) is 25.7 Å². The standard InChI is InChI=1S/C18H27NO3/c1-3-21-16-10-4-5-11-17(16)22-14-8-12-18(20)19-13-7-6-9-15(19)2/h4-5,10-11,15H,3,6-9,12-14H2,1-2H3. The molecule has 0 aromatic heterocycles. The summed E-state index contributed by atoms with van der Waals surface area (Å²) in [6.07, 6.45) is 4.80. The molecule has 1 unspecified atom stereocenters. The van der Waals surface area contributed by atoms with E-state index in [1.165, 1.54) is 6.42 Å². The monoisotopic (exact) mass is 305 g/mol. The molecule has 0 saturated carbocycles. The lowest BCUT2D eigenvalue weighted by Gasteiger charge is -2.33. The zero-order valence-corrected chi connectivity index (χ0v) is 13.7. The molecular formula is C18H27NO3. The minimum Gasteiger partial charge on any atom is -0.490 e. The van der Waals surface area contributed by atoms with Gasteiger partial charge in [0, 0.05) is 19.0 Å². The summed E-state index contributed by atoms with van der Waals surface area (Å²) in [5.41, 5.74) is 0. The maximum absolute atomic E-state index is 12.2. The fourth-order valence-electron chi connectivity index (χ4n) is 2.86. The summed E-state index contributed by atoms with van der Waals surface area (Å²) < 4.78 is 11.3. The van der Waals surface area contributed by atoms with E-state index in [0.717, 1.165) is 37.3 Å². The van der Waals surface area contributed by atoms with Crippen molar-refractivity contribution < 1.29 is 14.3 Å². The normalized spacial score (nSPS) is 18.1. The maximum Gasteiger partial charge on any atom is 0.222 e. The molecule has 122 valence electrons. The first-order valence-electron chi connectivity index (χ1n) is 8.36. The topological polar surface area (TPSA) is 38.8 Å². The van der Waals surface area contributed by atoms with E-state index < -0.39 is 0 Å². The Morgan fingerprint density at radius 3 is 2.64 bits per heavy atom. The number of para-hydroxylation sites is 2. The van der Waals surface area contributed by atoms with Crippen LogP contribution in [0.5, 0.6) is 11.5 Å². The van der Waals surface area contributed by atoms with Gasteiger partial charge in [0.2, 0.25) is 5.91 Å². The molecule has 1 saturated heterocycles. The highest BCUT2D eigenvalue weighted by atomic mass is 16.5. The Morgan fingerprint density at radius 2 is 1.95 bits per heavy atom. The quantitative estimate of drug-likeness (QED) is 0.722. The van der Waals surface area contributed by atoms with E-state index in [1.54, 1.807) is 0 Å². The first kappa shape index (κ1) is 16.7. The van der Waals surface area contributed by atoms with Gasteiger partial charge in [-0.3, -0.25) is 4.79 Å². The molecule has 0 spiro atoms. The second-order valence-electron chi connectivity index (χ2n) is 5.76. The Labute approximate surface area is 133 Å². The van der Waals surface area contributed by atoms with Crippen LogP contribution in [-0.4, -0.2) is 36.6 Å². The lowest BCUT2D eigenvalue weighted by Crippen LogP contribution is -2.42. The van der Waals surface area contributed by atoms with Gasteiger partial charge < -0.3 is 14.4 Å². The first-order valence-corrected chi connectivity index (χ1v) is 8.36. The van der Waals surface area contributed by atoms with Crippen molar-refractivity contribution in [2.24, 2.45) is 0 Å². The molecule has 1 fully saturated rings. The van der Waals surface area contributed by atoms with E-state index in [9.17, 15) is 4.79 Å². The largest absolute Gasteiger partial charge is 0.490 e. The summed E-state index contributed by atoms with van der Waals surface area (Å²) in [5.74, 6) is 1.78. The van der Waals surface area contributed by atoms with Crippen LogP contribution in [0.25, 0.3) is 0 Å². The van der Waals surface area contributed by atoms with Gasteiger partial charge in [-0.25, -0.2) is 0 Å². The average Bonchev–Trinajstić information content (AvgIpc) is 2.53. The number of likely N-dealkylation sites (tertiary alicyclic amines) is 1. The summed E-state index contributed by atoms with van der Waals surface area (Å²) in [7, 11) is 0. The third-order valence-electron chi connectivity index (χ3n) is 4.06. The van der Waals surface area contributed by atoms with Gasteiger partial charge in [-0.15, -0.1) is 0 Å². The third-order valence-corrected chi connectivity index (χ3v) is 4.06. The molecule has 1 aliphatic heterocycles. The maximum atomic E-state index is 12.2. The van der Waals surface area contributed by atoms with Crippen LogP contribution in [0.4, 0.5) is 0 Å². The SMILES string of the molecule is CCOc1ccccc1OCCCC(=O)N1CCCCC1C. The van der Waals surface area contributed by atoms with Crippen molar-refractivity contribution in [3.05, 3.63) is 24.3 Å². The molecule has 1 aromatic rings. The van der Waals surface area contributed by atoms with Crippen molar-refractivity contribution >= 4 is 5.91 Å². The van der Waals surface area contributed by atoms with Gasteiger partial charge >= 0.3 is 0 Å². The van der Waals surface area contributed by atoms with Gasteiger partial charge in [-0.2, -0.15) is 0 Å². The van der Waals surface area contributed by atoms with E-state index in [1.807, 2.05) is 36.1 Å². The van der Waals surface area contributed by atoms with Crippen LogP contribution in [0.1, 0.15) is 46.0 Å². The van der Waals surface area contributed by atoms with Gasteiger partial charge in [-0.05, 0) is 51.7 Å². The van der Waals surface area contributed by atoms with Gasteiger partial charge in [0.05, 0.1) is 13.2 Å². The average molecular weight is 305 g/mol. The number of hydrogen-bond donors (Lipinski definition) is 0. The summed E-state index contributed by atoms with van der Waals surface area (Å²) >= 11 is 0. The fourth-order valence-corrected chi connectivity index (χ4v) is 2.86. The van der Waals surface area contributed by atoms with Crippen molar-refractivity contribution in [3.63, 3.8) is 0 Å². The smallest absolute Gasteiger partial charge is 0.222 e. The highest BCUT2D eigenvalue weighted by Crippen LogP contribution is 2.26. The number of ether oxygens (including phenoxy) is 2. The Morgan fingerprint density at radius 1 is 1.23 bits per heavy atom. The molecule has 4 nitrogen and oxygen atoms in total. The number of carbonyl (C=O) groups excluding carboxylic acids is 1. The number of nitrogens with zero attached hydrogens (tertiary/aromatic N) is 1. The highest BCUT2D eigenvalue weighted by Gasteiger charge is 2.22. The van der Waals surface area contributed by atoms with E-state index in [2.05, 4.69) is 6.92 Å². The van der Waals surface area contributed by atoms with Crippen molar-refractivity contribution in [3.8, 4) is 11.5 Å². The summed E-state index contributed by atoms with van der Waals surface area (Å²) in [5, 5.41) is 0. The molecule has 2 rings (SSSR count). The van der Waals surface area contributed by atoms with Gasteiger partial charge in [-0.1, -0.05) is 12.1 Å². The molecular weight excluding hydrogens is 278 g/mol. The molecule has 0 radical (unpaired) electrons. The lowest BCUT2D eigenvalue weighted by molar-refractivity contribution is -0.134. The molecule has 22 heavy (non-hydrogen) atoms. The minimum absolute atomic E-state index is 0.258. The van der Waals surface area contributed by atoms with Crippen LogP contribution in [0.2, 0.25) is 0 Å². The third kappa shape index (κ3) is 4.65. The van der Waals surface area contributed by atoms with Gasteiger partial charge in [0.1, 0.15) is 0 Å². The Balaban J connectivity index is 1.74. The van der Waals surface area contributed by atoms with Crippen molar-refractivity contribution in [1.29, 1.82) is 0 Å². The van der Waals surface area contributed by atoms with E-state index in [-0.39, 0.29) is 5.91 Å². The van der Waals surface area contributed by atoms with Gasteiger partial charge in [0.15, 0.2) is 11.5 Å². The summed E-state index contributed by atoms with van der Waals surface area (Å²) in [6.45, 7) is 6.17. The Kier molecular flexibility index (Phi) is 6.56. The van der Waals surface area contributed by atoms with Gasteiger partial charge in [0.25, 0.3) is 0 Å². The van der Waals surface area contributed by atoms with Crippen LogP contribution in [-0.2, 0) is 4.79 Å². The molecule has 1 amide bonds. The van der Waals surface area contributed by atoms with Crippen LogP contribution in [0.15, 0.2) is 24.3 Å². The second-order valence-corrected chi connectivity index (χ2v) is 5.76. The minimum atomic E-state index is 0.258. The second kappa shape index (κ2) is 8.66. The molecule has 0 N–H and O–H groups in total. The molecule has 1 atom stereocenters. The number of carbonyl (C=O) groups is 1. The fraction of sp³-hybridized carbons (Fsp3) is 0.611. The molecule has 0 aliphatic carbocycles. The van der Waals surface area contributed by atoms with Crippen LogP contribution in [0.3, 0.4) is 0 Å². The first-order chi connectivity index (χ1) is 10.7. The Bertz CT molecular complexity index is 475. The molecule has 1 aliphatic rings. The number of hydrogen-bond acceptors (Lipinski definition) is 3. The van der Waals surface area contributed by atoms with Crippen LogP contribution < -0.4 is 9.47 Å². The molecule has 4 heteroatoms. The van der Waals surface area contributed by atoms with Crippen molar-refractivity contribution in [2.75, 3.05) is 19.8 Å². The van der Waals surface area contributed by atoms with E-state index in [4.69, 9.17) is 9.47 Å². The predicted molar refractivity (Wildman–Crippen MR) is 87.4 cm³/mol. The lowest BCUT2D eigenvalue weighted by atomic mass is 10.0. The number of piperidine rings is 1. The molecule has 0 bridgehead atoms. The number of rotatable bonds is 7.